The van der Waals surface area contributed by atoms with Gasteiger partial charge in [-0.15, -0.1) is 0 Å². The largest absolute Gasteiger partial charge is 0.463 e. The number of sulfonamides is 1. The maximum atomic E-state index is 14.3. The predicted molar refractivity (Wildman–Crippen MR) is 96.7 cm³/mol. The molecule has 0 aromatic heterocycles. The van der Waals surface area contributed by atoms with Crippen LogP contribution in [-0.2, 0) is 35.7 Å². The Balaban J connectivity index is 2.28. The molecule has 1 N–H and O–H groups in total. The fourth-order valence-corrected chi connectivity index (χ4v) is 4.43. The van der Waals surface area contributed by atoms with Crippen molar-refractivity contribution in [3.8, 4) is 0 Å². The van der Waals surface area contributed by atoms with Crippen LogP contribution in [0.4, 0.5) is 14.5 Å². The van der Waals surface area contributed by atoms with Crippen LogP contribution < -0.4 is 4.72 Å². The number of carbonyl (C=O) groups excluding carboxylic acids is 2. The van der Waals surface area contributed by atoms with Crippen molar-refractivity contribution in [3.05, 3.63) is 41.0 Å². The van der Waals surface area contributed by atoms with Gasteiger partial charge in [-0.2, -0.15) is 0 Å². The molecule has 2 rings (SSSR count). The molecule has 0 saturated heterocycles. The van der Waals surface area contributed by atoms with E-state index >= 15 is 0 Å². The highest BCUT2D eigenvalue weighted by molar-refractivity contribution is 7.93. The van der Waals surface area contributed by atoms with E-state index in [-0.39, 0.29) is 30.8 Å². The van der Waals surface area contributed by atoms with E-state index in [0.29, 0.717) is 12.8 Å². The van der Waals surface area contributed by atoms with Crippen LogP contribution in [0.3, 0.4) is 0 Å². The van der Waals surface area contributed by atoms with Gasteiger partial charge < -0.3 is 9.47 Å². The van der Waals surface area contributed by atoms with Gasteiger partial charge in [0.15, 0.2) is 11.6 Å². The molecule has 1 aromatic rings. The van der Waals surface area contributed by atoms with Gasteiger partial charge in [0.1, 0.15) is 17.5 Å². The Hall–Kier alpha value is -2.49. The Morgan fingerprint density at radius 2 is 1.86 bits per heavy atom. The number of allylic oxidation sites excluding steroid dienone is 1. The minimum absolute atomic E-state index is 0.0259. The zero-order valence-electron chi connectivity index (χ0n) is 15.5. The van der Waals surface area contributed by atoms with Gasteiger partial charge in [-0.3, -0.25) is 9.52 Å². The highest BCUT2D eigenvalue weighted by atomic mass is 32.2. The summed E-state index contributed by atoms with van der Waals surface area (Å²) in [6.45, 7) is 2.46. The Morgan fingerprint density at radius 1 is 1.21 bits per heavy atom. The number of hydrogen-bond donors (Lipinski definition) is 1. The standard InChI is InChI=1S/C18H21F2NO6S/c1-3-26-18(23)13-6-4-5-7-16(13)28(24,25)21-17-14(19)8-12(9-15(17)20)10-27-11(2)22/h6,8-9,16,21H,3-5,7,10H2,1-2H3. The first-order chi connectivity index (χ1) is 13.2. The normalized spacial score (nSPS) is 16.9. The molecular weight excluding hydrogens is 396 g/mol. The third-order valence-electron chi connectivity index (χ3n) is 4.06. The highest BCUT2D eigenvalue weighted by Gasteiger charge is 2.36. The number of benzene rings is 1. The summed E-state index contributed by atoms with van der Waals surface area (Å²) >= 11 is 0. The molecule has 10 heteroatoms. The molecule has 0 radical (unpaired) electrons. The minimum atomic E-state index is -4.32. The van der Waals surface area contributed by atoms with Gasteiger partial charge in [0.25, 0.3) is 0 Å². The molecule has 154 valence electrons. The minimum Gasteiger partial charge on any atom is -0.463 e. The molecule has 0 saturated carbocycles. The molecule has 0 bridgehead atoms. The number of carbonyl (C=O) groups is 2. The molecule has 0 fully saturated rings. The van der Waals surface area contributed by atoms with E-state index in [1.807, 2.05) is 4.72 Å². The number of anilines is 1. The Bertz CT molecular complexity index is 874. The topological polar surface area (TPSA) is 98.8 Å². The number of halogens is 2. The molecular formula is C18H21F2NO6S. The average molecular weight is 417 g/mol. The molecule has 1 unspecified atom stereocenters. The van der Waals surface area contributed by atoms with Gasteiger partial charge in [0, 0.05) is 6.92 Å². The summed E-state index contributed by atoms with van der Waals surface area (Å²) in [6, 6.07) is 1.74. The number of rotatable bonds is 7. The summed E-state index contributed by atoms with van der Waals surface area (Å²) in [5.41, 5.74) is -0.883. The molecule has 0 spiro atoms. The van der Waals surface area contributed by atoms with Crippen molar-refractivity contribution < 1.29 is 36.3 Å². The van der Waals surface area contributed by atoms with Gasteiger partial charge in [0.05, 0.1) is 12.2 Å². The first kappa shape index (κ1) is 21.8. The van der Waals surface area contributed by atoms with E-state index in [1.165, 1.54) is 6.08 Å². The summed E-state index contributed by atoms with van der Waals surface area (Å²) in [4.78, 5) is 22.8. The SMILES string of the molecule is CCOC(=O)C1=CCCCC1S(=O)(=O)Nc1c(F)cc(COC(C)=O)cc1F. The summed E-state index contributed by atoms with van der Waals surface area (Å²) in [5.74, 6) is -3.72. The van der Waals surface area contributed by atoms with Crippen LogP contribution in [-0.4, -0.2) is 32.2 Å². The van der Waals surface area contributed by atoms with Crippen LogP contribution in [0.2, 0.25) is 0 Å². The Kier molecular flexibility index (Phi) is 7.11. The van der Waals surface area contributed by atoms with Crippen LogP contribution in [0.15, 0.2) is 23.8 Å². The summed E-state index contributed by atoms with van der Waals surface area (Å²) in [6.07, 6.45) is 2.60. The molecule has 7 nitrogen and oxygen atoms in total. The van der Waals surface area contributed by atoms with Gasteiger partial charge in [-0.25, -0.2) is 22.0 Å². The van der Waals surface area contributed by atoms with Crippen molar-refractivity contribution in [1.29, 1.82) is 0 Å². The molecule has 1 aliphatic rings. The molecule has 0 aliphatic heterocycles. The Morgan fingerprint density at radius 3 is 2.43 bits per heavy atom. The lowest BCUT2D eigenvalue weighted by molar-refractivity contribution is -0.142. The lowest BCUT2D eigenvalue weighted by atomic mass is 9.99. The molecule has 1 aliphatic carbocycles. The predicted octanol–water partition coefficient (Wildman–Crippen LogP) is 2.81. The lowest BCUT2D eigenvalue weighted by Crippen LogP contribution is -2.35. The van der Waals surface area contributed by atoms with Crippen LogP contribution in [0.5, 0.6) is 0 Å². The van der Waals surface area contributed by atoms with Crippen LogP contribution in [0.25, 0.3) is 0 Å². The first-order valence-corrected chi connectivity index (χ1v) is 10.2. The van der Waals surface area contributed by atoms with Crippen molar-refractivity contribution in [2.45, 2.75) is 45.0 Å². The van der Waals surface area contributed by atoms with Crippen molar-refractivity contribution in [2.24, 2.45) is 0 Å². The smallest absolute Gasteiger partial charge is 0.335 e. The van der Waals surface area contributed by atoms with Crippen molar-refractivity contribution in [2.75, 3.05) is 11.3 Å². The van der Waals surface area contributed by atoms with E-state index in [1.54, 1.807) is 6.92 Å². The summed E-state index contributed by atoms with van der Waals surface area (Å²) in [7, 11) is -4.32. The summed E-state index contributed by atoms with van der Waals surface area (Å²) in [5, 5.41) is -1.28. The van der Waals surface area contributed by atoms with Crippen LogP contribution in [0, 0.1) is 11.6 Å². The zero-order chi connectivity index (χ0) is 20.9. The zero-order valence-corrected chi connectivity index (χ0v) is 16.3. The van der Waals surface area contributed by atoms with Gasteiger partial charge in [-0.05, 0) is 43.9 Å². The third kappa shape index (κ3) is 5.28. The second-order valence-electron chi connectivity index (χ2n) is 6.16. The number of nitrogens with one attached hydrogen (secondary N) is 1. The van der Waals surface area contributed by atoms with Gasteiger partial charge >= 0.3 is 11.9 Å². The lowest BCUT2D eigenvalue weighted by Gasteiger charge is -2.24. The van der Waals surface area contributed by atoms with E-state index in [9.17, 15) is 26.8 Å². The van der Waals surface area contributed by atoms with E-state index in [0.717, 1.165) is 19.1 Å². The fourth-order valence-electron chi connectivity index (χ4n) is 2.80. The number of esters is 2. The molecule has 28 heavy (non-hydrogen) atoms. The van der Waals surface area contributed by atoms with Crippen LogP contribution in [0.1, 0.15) is 38.7 Å². The monoisotopic (exact) mass is 417 g/mol. The van der Waals surface area contributed by atoms with E-state index in [2.05, 4.69) is 4.74 Å². The Labute approximate surface area is 161 Å². The van der Waals surface area contributed by atoms with E-state index in [4.69, 9.17) is 4.74 Å². The molecule has 0 amide bonds. The maximum absolute atomic E-state index is 14.3. The maximum Gasteiger partial charge on any atom is 0.335 e. The second-order valence-corrected chi connectivity index (χ2v) is 8.02. The first-order valence-electron chi connectivity index (χ1n) is 8.65. The van der Waals surface area contributed by atoms with Crippen LogP contribution >= 0.6 is 0 Å². The molecule has 0 heterocycles. The average Bonchev–Trinajstić information content (AvgIpc) is 2.63. The number of ether oxygens (including phenoxy) is 2. The summed E-state index contributed by atoms with van der Waals surface area (Å²) < 4.78 is 65.5. The van der Waals surface area contributed by atoms with Gasteiger partial charge in [0.2, 0.25) is 10.0 Å². The second kappa shape index (κ2) is 9.13. The molecule has 1 aromatic carbocycles. The van der Waals surface area contributed by atoms with Crippen molar-refractivity contribution >= 4 is 27.6 Å². The fraction of sp³-hybridized carbons (Fsp3) is 0.444. The molecule has 1 atom stereocenters. The van der Waals surface area contributed by atoms with Crippen molar-refractivity contribution in [3.63, 3.8) is 0 Å². The van der Waals surface area contributed by atoms with Crippen molar-refractivity contribution in [1.82, 2.24) is 0 Å². The quantitative estimate of drug-likeness (QED) is 0.685. The van der Waals surface area contributed by atoms with Gasteiger partial charge in [-0.1, -0.05) is 6.08 Å². The number of hydrogen-bond acceptors (Lipinski definition) is 6. The highest BCUT2D eigenvalue weighted by Crippen LogP contribution is 2.29. The third-order valence-corrected chi connectivity index (χ3v) is 5.78. The van der Waals surface area contributed by atoms with E-state index < -0.39 is 44.5 Å².